The van der Waals surface area contributed by atoms with Crippen LogP contribution in [0.3, 0.4) is 0 Å². The van der Waals surface area contributed by atoms with E-state index in [9.17, 15) is 0 Å². The first-order valence-corrected chi connectivity index (χ1v) is 5.55. The highest BCUT2D eigenvalue weighted by Crippen LogP contribution is 2.22. The predicted molar refractivity (Wildman–Crippen MR) is 62.2 cm³/mol. The van der Waals surface area contributed by atoms with Crippen LogP contribution in [0, 0.1) is 0 Å². The summed E-state index contributed by atoms with van der Waals surface area (Å²) < 4.78 is 1.10. The first kappa shape index (κ1) is 11.7. The summed E-state index contributed by atoms with van der Waals surface area (Å²) >= 11 is 3.51. The number of benzene rings is 1. The molecular weight excluding hydrogens is 242 g/mol. The summed E-state index contributed by atoms with van der Waals surface area (Å²) in [4.78, 5) is 0. The average Bonchev–Trinajstić information content (AvgIpc) is 2.18. The van der Waals surface area contributed by atoms with Gasteiger partial charge in [-0.3, -0.25) is 0 Å². The molecule has 0 saturated carbocycles. The highest BCUT2D eigenvalue weighted by molar-refractivity contribution is 9.10. The number of aliphatic hydroxyl groups excluding tert-OH is 1. The highest BCUT2D eigenvalue weighted by Gasteiger charge is 2.10. The lowest BCUT2D eigenvalue weighted by Gasteiger charge is -2.19. The van der Waals surface area contributed by atoms with Crippen molar-refractivity contribution in [3.63, 3.8) is 0 Å². The first-order chi connectivity index (χ1) is 6.65. The zero-order valence-corrected chi connectivity index (χ0v) is 10.1. The largest absolute Gasteiger partial charge is 0.395 e. The summed E-state index contributed by atoms with van der Waals surface area (Å²) in [5.41, 5.74) is 1.22. The van der Waals surface area contributed by atoms with Gasteiger partial charge in [0.15, 0.2) is 0 Å². The lowest BCUT2D eigenvalue weighted by atomic mass is 10.1. The minimum atomic E-state index is 0.122. The van der Waals surface area contributed by atoms with Gasteiger partial charge in [0.2, 0.25) is 0 Å². The third kappa shape index (κ3) is 3.08. The summed E-state index contributed by atoms with van der Waals surface area (Å²) in [7, 11) is 0. The van der Waals surface area contributed by atoms with Gasteiger partial charge in [0, 0.05) is 16.6 Å². The van der Waals surface area contributed by atoms with Gasteiger partial charge in [-0.15, -0.1) is 0 Å². The number of hydrogen-bond donors (Lipinski definition) is 2. The summed E-state index contributed by atoms with van der Waals surface area (Å²) in [6, 6.07) is 8.48. The molecule has 0 heterocycles. The van der Waals surface area contributed by atoms with Gasteiger partial charge in [0.05, 0.1) is 6.61 Å². The van der Waals surface area contributed by atoms with Crippen molar-refractivity contribution in [3.05, 3.63) is 34.3 Å². The number of hydrogen-bond acceptors (Lipinski definition) is 2. The van der Waals surface area contributed by atoms with Crippen LogP contribution in [-0.2, 0) is 0 Å². The third-order valence-electron chi connectivity index (χ3n) is 2.18. The van der Waals surface area contributed by atoms with Crippen LogP contribution in [0.5, 0.6) is 0 Å². The predicted octanol–water partition coefficient (Wildman–Crippen LogP) is 2.48. The second kappa shape index (κ2) is 5.49. The van der Waals surface area contributed by atoms with Crippen molar-refractivity contribution in [1.29, 1.82) is 0 Å². The second-order valence-corrected chi connectivity index (χ2v) is 4.35. The molecule has 78 valence electrons. The maximum absolute atomic E-state index is 8.93. The third-order valence-corrected chi connectivity index (χ3v) is 2.90. The molecule has 0 aromatic heterocycles. The molecule has 1 aromatic rings. The van der Waals surface area contributed by atoms with Crippen LogP contribution in [0.1, 0.15) is 25.5 Å². The molecule has 0 amide bonds. The average molecular weight is 258 g/mol. The number of nitrogens with one attached hydrogen (secondary N) is 1. The first-order valence-electron chi connectivity index (χ1n) is 4.76. The van der Waals surface area contributed by atoms with Gasteiger partial charge in [-0.05, 0) is 25.5 Å². The molecule has 0 aliphatic rings. The van der Waals surface area contributed by atoms with E-state index in [1.54, 1.807) is 0 Å². The standard InChI is InChI=1S/C11H16BrNO/c1-8(7-14)13-9(2)10-5-3-4-6-11(10)12/h3-6,8-9,13-14H,7H2,1-2H3/t8-,9+/m0/s1. The normalized spacial score (nSPS) is 15.1. The maximum Gasteiger partial charge on any atom is 0.0582 e. The quantitative estimate of drug-likeness (QED) is 0.869. The van der Waals surface area contributed by atoms with Gasteiger partial charge >= 0.3 is 0 Å². The van der Waals surface area contributed by atoms with Gasteiger partial charge in [0.25, 0.3) is 0 Å². The zero-order valence-electron chi connectivity index (χ0n) is 8.50. The van der Waals surface area contributed by atoms with Crippen LogP contribution in [0.25, 0.3) is 0 Å². The van der Waals surface area contributed by atoms with Crippen molar-refractivity contribution in [2.75, 3.05) is 6.61 Å². The van der Waals surface area contributed by atoms with Crippen molar-refractivity contribution < 1.29 is 5.11 Å². The summed E-state index contributed by atoms with van der Waals surface area (Å²) in [5, 5.41) is 12.2. The molecule has 0 aliphatic heterocycles. The molecule has 0 radical (unpaired) electrons. The SMILES string of the molecule is C[C@@H](CO)N[C@H](C)c1ccccc1Br. The van der Waals surface area contributed by atoms with E-state index in [4.69, 9.17) is 5.11 Å². The Kier molecular flexibility index (Phi) is 4.58. The van der Waals surface area contributed by atoms with E-state index in [1.807, 2.05) is 25.1 Å². The molecule has 3 heteroatoms. The zero-order chi connectivity index (χ0) is 10.6. The molecule has 0 fully saturated rings. The van der Waals surface area contributed by atoms with E-state index in [0.717, 1.165) is 4.47 Å². The molecule has 0 unspecified atom stereocenters. The van der Waals surface area contributed by atoms with Crippen LogP contribution < -0.4 is 5.32 Å². The molecule has 0 bridgehead atoms. The molecule has 14 heavy (non-hydrogen) atoms. The van der Waals surface area contributed by atoms with E-state index in [-0.39, 0.29) is 18.7 Å². The van der Waals surface area contributed by atoms with Crippen LogP contribution in [0.2, 0.25) is 0 Å². The molecule has 0 saturated heterocycles. The fourth-order valence-electron chi connectivity index (χ4n) is 1.40. The van der Waals surface area contributed by atoms with Gasteiger partial charge in [-0.25, -0.2) is 0 Å². The smallest absolute Gasteiger partial charge is 0.0582 e. The van der Waals surface area contributed by atoms with E-state index in [2.05, 4.69) is 34.2 Å². The van der Waals surface area contributed by atoms with E-state index in [1.165, 1.54) is 5.56 Å². The van der Waals surface area contributed by atoms with E-state index < -0.39 is 0 Å². The van der Waals surface area contributed by atoms with E-state index in [0.29, 0.717) is 0 Å². The van der Waals surface area contributed by atoms with Crippen molar-refractivity contribution in [2.45, 2.75) is 25.9 Å². The van der Waals surface area contributed by atoms with Crippen molar-refractivity contribution in [3.8, 4) is 0 Å². The second-order valence-electron chi connectivity index (χ2n) is 3.49. The van der Waals surface area contributed by atoms with Crippen LogP contribution >= 0.6 is 15.9 Å². The minimum Gasteiger partial charge on any atom is -0.395 e. The van der Waals surface area contributed by atoms with Gasteiger partial charge in [-0.2, -0.15) is 0 Å². The molecule has 1 rings (SSSR count). The Balaban J connectivity index is 2.69. The van der Waals surface area contributed by atoms with Crippen molar-refractivity contribution in [2.24, 2.45) is 0 Å². The Morgan fingerprint density at radius 1 is 1.36 bits per heavy atom. The lowest BCUT2D eigenvalue weighted by Crippen LogP contribution is -2.31. The van der Waals surface area contributed by atoms with Gasteiger partial charge in [0.1, 0.15) is 0 Å². The van der Waals surface area contributed by atoms with Crippen LogP contribution in [0.15, 0.2) is 28.7 Å². The Bertz CT molecular complexity index is 290. The summed E-state index contributed by atoms with van der Waals surface area (Å²) in [6.07, 6.45) is 0. The van der Waals surface area contributed by atoms with Crippen LogP contribution in [0.4, 0.5) is 0 Å². The molecule has 2 atom stereocenters. The summed E-state index contributed by atoms with van der Waals surface area (Å²) in [6.45, 7) is 4.22. The Morgan fingerprint density at radius 2 is 2.00 bits per heavy atom. The molecule has 2 N–H and O–H groups in total. The number of halogens is 1. The number of aliphatic hydroxyl groups is 1. The van der Waals surface area contributed by atoms with Gasteiger partial charge in [-0.1, -0.05) is 34.1 Å². The van der Waals surface area contributed by atoms with Crippen LogP contribution in [-0.4, -0.2) is 17.8 Å². The van der Waals surface area contributed by atoms with Gasteiger partial charge < -0.3 is 10.4 Å². The topological polar surface area (TPSA) is 32.3 Å². The minimum absolute atomic E-state index is 0.122. The molecule has 0 spiro atoms. The fourth-order valence-corrected chi connectivity index (χ4v) is 2.02. The van der Waals surface area contributed by atoms with E-state index >= 15 is 0 Å². The monoisotopic (exact) mass is 257 g/mol. The molecule has 0 aliphatic carbocycles. The number of rotatable bonds is 4. The summed E-state index contributed by atoms with van der Waals surface area (Å²) in [5.74, 6) is 0. The molecular formula is C11H16BrNO. The van der Waals surface area contributed by atoms with Crippen molar-refractivity contribution >= 4 is 15.9 Å². The highest BCUT2D eigenvalue weighted by atomic mass is 79.9. The Labute approximate surface area is 93.5 Å². The van der Waals surface area contributed by atoms with Crippen molar-refractivity contribution in [1.82, 2.24) is 5.32 Å². The Morgan fingerprint density at radius 3 is 2.57 bits per heavy atom. The Hall–Kier alpha value is -0.380. The maximum atomic E-state index is 8.93. The molecule has 1 aromatic carbocycles. The fraction of sp³-hybridized carbons (Fsp3) is 0.455. The molecule has 2 nitrogen and oxygen atoms in total. The lowest BCUT2D eigenvalue weighted by molar-refractivity contribution is 0.243.